The zero-order valence-corrected chi connectivity index (χ0v) is 46.8. The molecule has 0 fully saturated rings. The number of benzene rings is 10. The summed E-state index contributed by atoms with van der Waals surface area (Å²) >= 11 is 0. The molecule has 0 aromatic heterocycles. The van der Waals surface area contributed by atoms with E-state index in [2.05, 4.69) is 252 Å². The van der Waals surface area contributed by atoms with Crippen LogP contribution in [-0.4, -0.2) is 20.9 Å². The molecule has 0 amide bonds. The van der Waals surface area contributed by atoms with Gasteiger partial charge < -0.3 is 28.9 Å². The summed E-state index contributed by atoms with van der Waals surface area (Å²) in [6.45, 7) is 18.3. The predicted octanol–water partition coefficient (Wildman–Crippen LogP) is 17.2. The Morgan fingerprint density at radius 2 is 1.04 bits per heavy atom. The number of ether oxygens (including phenoxy) is 3. The number of hydrogen-bond donors (Lipinski definition) is 0. The van der Waals surface area contributed by atoms with Crippen LogP contribution in [0.25, 0.3) is 22.3 Å². The van der Waals surface area contributed by atoms with Gasteiger partial charge in [0.25, 0.3) is 6.71 Å². The Morgan fingerprint density at radius 1 is 0.481 bits per heavy atom. The number of anilines is 9. The minimum atomic E-state index is -0.282. The lowest BCUT2D eigenvalue weighted by Crippen LogP contribution is -2.59. The van der Waals surface area contributed by atoms with Crippen molar-refractivity contribution < 1.29 is 14.2 Å². The number of rotatable bonds is 10. The summed E-state index contributed by atoms with van der Waals surface area (Å²) in [6.07, 6.45) is 0. The molecule has 3 aliphatic rings. The molecule has 13 rings (SSSR count). The van der Waals surface area contributed by atoms with E-state index in [-0.39, 0.29) is 17.5 Å². The molecule has 2 aliphatic heterocycles. The van der Waals surface area contributed by atoms with Crippen molar-refractivity contribution >= 4 is 74.3 Å². The minimum Gasteiger partial charge on any atom is -0.497 e. The van der Waals surface area contributed by atoms with Gasteiger partial charge in [0.2, 0.25) is 0 Å². The van der Waals surface area contributed by atoms with E-state index in [0.717, 1.165) is 74.1 Å². The monoisotopic (exact) mass is 1030 g/mol. The van der Waals surface area contributed by atoms with Crippen LogP contribution in [0.5, 0.6) is 23.0 Å². The SMILES string of the molecule is COc1ccc(N(c2ccc(OC)cc2)c2cc(C)c(-c3ccc(N4c5cc(C(C)(C)C)ccc5B5c6cc7c(cc6Oc6cc(C)cc4c65)-c4ccc(N(c5ccccc5)c5ccccc5)cc4C7(C)C)cc3)c(C)c2)cc1. The molecule has 0 radical (unpaired) electrons. The molecule has 0 spiro atoms. The largest absolute Gasteiger partial charge is 0.497 e. The van der Waals surface area contributed by atoms with Gasteiger partial charge in [-0.15, -0.1) is 0 Å². The van der Waals surface area contributed by atoms with Gasteiger partial charge in [-0.3, -0.25) is 0 Å². The van der Waals surface area contributed by atoms with Crippen LogP contribution in [0.4, 0.5) is 51.2 Å². The Labute approximate surface area is 466 Å². The Balaban J connectivity index is 0.894. The van der Waals surface area contributed by atoms with Crippen molar-refractivity contribution in [1.29, 1.82) is 0 Å². The van der Waals surface area contributed by atoms with Crippen molar-refractivity contribution in [2.45, 2.75) is 66.2 Å². The highest BCUT2D eigenvalue weighted by Crippen LogP contribution is 2.53. The molecule has 0 saturated heterocycles. The Bertz CT molecular complexity index is 3890. The highest BCUT2D eigenvalue weighted by molar-refractivity contribution is 6.99. The van der Waals surface area contributed by atoms with Gasteiger partial charge in [0, 0.05) is 56.6 Å². The van der Waals surface area contributed by atoms with Crippen molar-refractivity contribution in [3.63, 3.8) is 0 Å². The lowest BCUT2D eigenvalue weighted by Gasteiger charge is -2.41. The topological polar surface area (TPSA) is 37.4 Å². The fraction of sp³-hybridized carbons (Fsp3) is 0.167. The van der Waals surface area contributed by atoms with Crippen molar-refractivity contribution in [2.24, 2.45) is 0 Å². The molecule has 388 valence electrons. The van der Waals surface area contributed by atoms with Gasteiger partial charge in [0.1, 0.15) is 23.0 Å². The molecular formula is C72H64BN3O3. The van der Waals surface area contributed by atoms with Crippen molar-refractivity contribution in [2.75, 3.05) is 28.9 Å². The highest BCUT2D eigenvalue weighted by atomic mass is 16.5. The molecule has 0 N–H and O–H groups in total. The molecule has 10 aromatic carbocycles. The summed E-state index contributed by atoms with van der Waals surface area (Å²) < 4.78 is 18.3. The van der Waals surface area contributed by atoms with Crippen LogP contribution < -0.4 is 45.3 Å². The number of fused-ring (bicyclic) bond motifs is 7. The second-order valence-corrected chi connectivity index (χ2v) is 23.1. The van der Waals surface area contributed by atoms with E-state index >= 15 is 0 Å². The second-order valence-electron chi connectivity index (χ2n) is 23.1. The zero-order chi connectivity index (χ0) is 54.5. The number of methoxy groups -OCH3 is 2. The third-order valence-electron chi connectivity index (χ3n) is 16.7. The summed E-state index contributed by atoms with van der Waals surface area (Å²) in [6, 6.07) is 75.3. The van der Waals surface area contributed by atoms with Gasteiger partial charge in [0.15, 0.2) is 0 Å². The maximum absolute atomic E-state index is 7.23. The predicted molar refractivity (Wildman–Crippen MR) is 331 cm³/mol. The van der Waals surface area contributed by atoms with E-state index in [4.69, 9.17) is 14.2 Å². The number of para-hydroxylation sites is 2. The average molecular weight is 1030 g/mol. The van der Waals surface area contributed by atoms with E-state index in [1.807, 2.05) is 24.3 Å². The first-order valence-corrected chi connectivity index (χ1v) is 27.5. The van der Waals surface area contributed by atoms with E-state index < -0.39 is 0 Å². The lowest BCUT2D eigenvalue weighted by molar-refractivity contribution is 0.415. The van der Waals surface area contributed by atoms with Gasteiger partial charge in [-0.1, -0.05) is 107 Å². The normalized spacial score (nSPS) is 13.3. The van der Waals surface area contributed by atoms with Crippen molar-refractivity contribution in [3.05, 3.63) is 240 Å². The number of aryl methyl sites for hydroxylation is 3. The van der Waals surface area contributed by atoms with Crippen LogP contribution in [0.1, 0.15) is 68.0 Å². The molecule has 7 heteroatoms. The first-order chi connectivity index (χ1) is 38.2. The molecule has 0 unspecified atom stereocenters. The van der Waals surface area contributed by atoms with Crippen LogP contribution in [0.3, 0.4) is 0 Å². The third kappa shape index (κ3) is 8.33. The number of nitrogens with zero attached hydrogens (tertiary/aromatic N) is 3. The van der Waals surface area contributed by atoms with Gasteiger partial charge in [-0.25, -0.2) is 0 Å². The molecule has 0 bridgehead atoms. The average Bonchev–Trinajstić information content (AvgIpc) is 3.96. The minimum absolute atomic E-state index is 0.0415. The molecule has 79 heavy (non-hydrogen) atoms. The van der Waals surface area contributed by atoms with E-state index in [1.54, 1.807) is 14.2 Å². The van der Waals surface area contributed by atoms with Crippen LogP contribution in [0.2, 0.25) is 0 Å². The van der Waals surface area contributed by atoms with E-state index in [0.29, 0.717) is 0 Å². The maximum atomic E-state index is 7.23. The second kappa shape index (κ2) is 18.9. The maximum Gasteiger partial charge on any atom is 0.256 e. The van der Waals surface area contributed by atoms with Gasteiger partial charge in [-0.2, -0.15) is 0 Å². The molecular weight excluding hydrogens is 966 g/mol. The Kier molecular flexibility index (Phi) is 11.9. The molecule has 6 nitrogen and oxygen atoms in total. The zero-order valence-electron chi connectivity index (χ0n) is 46.8. The van der Waals surface area contributed by atoms with Crippen LogP contribution in [-0.2, 0) is 10.8 Å². The summed E-state index contributed by atoms with van der Waals surface area (Å²) in [4.78, 5) is 7.15. The Hall–Kier alpha value is -8.94. The molecule has 10 aromatic rings. The lowest BCUT2D eigenvalue weighted by atomic mass is 9.34. The summed E-state index contributed by atoms with van der Waals surface area (Å²) in [5.74, 6) is 3.47. The van der Waals surface area contributed by atoms with Gasteiger partial charge in [-0.05, 0) is 232 Å². The van der Waals surface area contributed by atoms with Crippen LogP contribution in [0.15, 0.2) is 206 Å². The van der Waals surface area contributed by atoms with E-state index in [9.17, 15) is 0 Å². The van der Waals surface area contributed by atoms with Gasteiger partial charge in [0.05, 0.1) is 14.2 Å². The summed E-state index contributed by atoms with van der Waals surface area (Å²) in [5, 5.41) is 0. The van der Waals surface area contributed by atoms with Crippen LogP contribution in [0, 0.1) is 20.8 Å². The number of hydrogen-bond acceptors (Lipinski definition) is 6. The smallest absolute Gasteiger partial charge is 0.256 e. The first-order valence-electron chi connectivity index (χ1n) is 27.5. The molecule has 0 atom stereocenters. The summed E-state index contributed by atoms with van der Waals surface area (Å²) in [7, 11) is 3.40. The fourth-order valence-corrected chi connectivity index (χ4v) is 12.8. The van der Waals surface area contributed by atoms with E-state index in [1.165, 1.54) is 72.1 Å². The third-order valence-corrected chi connectivity index (χ3v) is 16.7. The highest BCUT2D eigenvalue weighted by Gasteiger charge is 2.45. The molecule has 0 saturated carbocycles. The van der Waals surface area contributed by atoms with Crippen molar-refractivity contribution in [1.82, 2.24) is 0 Å². The molecule has 2 heterocycles. The molecule has 1 aliphatic carbocycles. The quantitative estimate of drug-likeness (QED) is 0.127. The van der Waals surface area contributed by atoms with Gasteiger partial charge >= 0.3 is 0 Å². The fourth-order valence-electron chi connectivity index (χ4n) is 12.8. The Morgan fingerprint density at radius 3 is 1.62 bits per heavy atom. The summed E-state index contributed by atoms with van der Waals surface area (Å²) in [5.41, 5.74) is 25.7. The van der Waals surface area contributed by atoms with Crippen molar-refractivity contribution in [3.8, 4) is 45.3 Å². The van der Waals surface area contributed by atoms with Crippen LogP contribution >= 0.6 is 0 Å². The standard InChI is InChI=1S/C72H64BN3O3/c1-45-37-66-70-68(38-45)79-67-43-60-59-35-30-55(74(50-17-13-11-14-18-50)51-19-15-12-16-20-51)42-61(59)72(7,8)62(60)44-64(67)73(70)63-36-23-49(71(4,5)6)41-65(63)76(66)54-24-21-48(22-25-54)69-46(2)39-56(40-47(69)3)75(52-26-31-57(77-9)32-27-52)53-28-33-58(78-10)34-29-53/h11-44H,1-10H3. The first kappa shape index (κ1) is 49.6.